The van der Waals surface area contributed by atoms with Gasteiger partial charge in [0.05, 0.1) is 5.56 Å². The summed E-state index contributed by atoms with van der Waals surface area (Å²) in [6.45, 7) is 8.49. The predicted octanol–water partition coefficient (Wildman–Crippen LogP) is 2.55. The molecule has 1 aromatic carbocycles. The Labute approximate surface area is 127 Å². The van der Waals surface area contributed by atoms with E-state index in [1.165, 1.54) is 6.42 Å². The maximum Gasteiger partial charge on any atom is 0.257 e. The van der Waals surface area contributed by atoms with Gasteiger partial charge in [-0.2, -0.15) is 0 Å². The van der Waals surface area contributed by atoms with Crippen LogP contribution in [0.2, 0.25) is 0 Å². The number of nitrogens with one attached hydrogen (secondary N) is 1. The SMILES string of the molecule is Cc1cccc(C(=O)N(CC(C)C)CC2CCCN2)c1O. The summed E-state index contributed by atoms with van der Waals surface area (Å²) in [6, 6.07) is 5.72. The molecule has 1 aliphatic rings. The van der Waals surface area contributed by atoms with Gasteiger partial charge in [0.15, 0.2) is 0 Å². The predicted molar refractivity (Wildman–Crippen MR) is 84.6 cm³/mol. The first-order valence-electron chi connectivity index (χ1n) is 7.80. The van der Waals surface area contributed by atoms with Crippen molar-refractivity contribution in [2.45, 2.75) is 39.7 Å². The van der Waals surface area contributed by atoms with Crippen molar-refractivity contribution in [2.75, 3.05) is 19.6 Å². The number of phenols is 1. The van der Waals surface area contributed by atoms with E-state index in [0.29, 0.717) is 30.6 Å². The molecule has 1 amide bonds. The summed E-state index contributed by atoms with van der Waals surface area (Å²) in [5.74, 6) is 0.441. The zero-order valence-corrected chi connectivity index (χ0v) is 13.2. The summed E-state index contributed by atoms with van der Waals surface area (Å²) < 4.78 is 0. The number of nitrogens with zero attached hydrogens (tertiary/aromatic N) is 1. The second-order valence-electron chi connectivity index (χ2n) is 6.37. The van der Waals surface area contributed by atoms with E-state index in [4.69, 9.17) is 0 Å². The highest BCUT2D eigenvalue weighted by Crippen LogP contribution is 2.23. The van der Waals surface area contributed by atoms with E-state index in [1.807, 2.05) is 24.0 Å². The topological polar surface area (TPSA) is 52.6 Å². The fourth-order valence-corrected chi connectivity index (χ4v) is 2.86. The summed E-state index contributed by atoms with van der Waals surface area (Å²) in [6.07, 6.45) is 2.28. The van der Waals surface area contributed by atoms with Gasteiger partial charge in [-0.1, -0.05) is 26.0 Å². The number of hydrogen-bond donors (Lipinski definition) is 2. The average Bonchev–Trinajstić information content (AvgIpc) is 2.93. The number of para-hydroxylation sites is 1. The van der Waals surface area contributed by atoms with E-state index in [-0.39, 0.29) is 11.7 Å². The van der Waals surface area contributed by atoms with Gasteiger partial charge in [0, 0.05) is 19.1 Å². The van der Waals surface area contributed by atoms with Crippen LogP contribution in [0.5, 0.6) is 5.75 Å². The Morgan fingerprint density at radius 3 is 2.86 bits per heavy atom. The fraction of sp³-hybridized carbons (Fsp3) is 0.588. The van der Waals surface area contributed by atoms with Crippen LogP contribution in [0.3, 0.4) is 0 Å². The molecule has 0 aliphatic carbocycles. The third-order valence-corrected chi connectivity index (χ3v) is 3.94. The van der Waals surface area contributed by atoms with Gasteiger partial charge < -0.3 is 15.3 Å². The summed E-state index contributed by atoms with van der Waals surface area (Å²) in [4.78, 5) is 14.7. The normalized spacial score (nSPS) is 18.2. The van der Waals surface area contributed by atoms with E-state index in [9.17, 15) is 9.90 Å². The van der Waals surface area contributed by atoms with E-state index >= 15 is 0 Å². The Bertz CT molecular complexity index is 494. The van der Waals surface area contributed by atoms with E-state index in [0.717, 1.165) is 18.5 Å². The standard InChI is InChI=1S/C17H26N2O2/c1-12(2)10-19(11-14-7-5-9-18-14)17(21)15-8-4-6-13(3)16(15)20/h4,6,8,12,14,18,20H,5,7,9-11H2,1-3H3. The molecular weight excluding hydrogens is 264 g/mol. The van der Waals surface area contributed by atoms with Crippen LogP contribution in [-0.4, -0.2) is 41.6 Å². The molecule has 1 saturated heterocycles. The van der Waals surface area contributed by atoms with Gasteiger partial charge in [-0.25, -0.2) is 0 Å². The van der Waals surface area contributed by atoms with Gasteiger partial charge in [-0.3, -0.25) is 4.79 Å². The summed E-state index contributed by atoms with van der Waals surface area (Å²) in [5, 5.41) is 13.6. The number of aromatic hydroxyl groups is 1. The lowest BCUT2D eigenvalue weighted by atomic mass is 10.1. The molecule has 2 N–H and O–H groups in total. The van der Waals surface area contributed by atoms with E-state index < -0.39 is 0 Å². The van der Waals surface area contributed by atoms with Gasteiger partial charge >= 0.3 is 0 Å². The minimum Gasteiger partial charge on any atom is -0.507 e. The third-order valence-electron chi connectivity index (χ3n) is 3.94. The third kappa shape index (κ3) is 3.97. The molecule has 4 heteroatoms. The summed E-state index contributed by atoms with van der Waals surface area (Å²) >= 11 is 0. The van der Waals surface area contributed by atoms with Crippen LogP contribution in [0.1, 0.15) is 42.6 Å². The van der Waals surface area contributed by atoms with Crippen LogP contribution in [0.15, 0.2) is 18.2 Å². The molecule has 116 valence electrons. The zero-order valence-electron chi connectivity index (χ0n) is 13.2. The first-order chi connectivity index (χ1) is 9.99. The molecule has 1 atom stereocenters. The zero-order chi connectivity index (χ0) is 15.4. The highest BCUT2D eigenvalue weighted by atomic mass is 16.3. The molecule has 0 radical (unpaired) electrons. The number of rotatable bonds is 5. The second kappa shape index (κ2) is 6.94. The number of carbonyl (C=O) groups excluding carboxylic acids is 1. The van der Waals surface area contributed by atoms with Crippen molar-refractivity contribution < 1.29 is 9.90 Å². The van der Waals surface area contributed by atoms with Crippen LogP contribution in [0.25, 0.3) is 0 Å². The highest BCUT2D eigenvalue weighted by Gasteiger charge is 2.24. The van der Waals surface area contributed by atoms with Crippen LogP contribution < -0.4 is 5.32 Å². The maximum absolute atomic E-state index is 12.8. The summed E-state index contributed by atoms with van der Waals surface area (Å²) in [5.41, 5.74) is 1.15. The summed E-state index contributed by atoms with van der Waals surface area (Å²) in [7, 11) is 0. The Hall–Kier alpha value is -1.55. The molecule has 0 spiro atoms. The van der Waals surface area contributed by atoms with Crippen molar-refractivity contribution in [1.82, 2.24) is 10.2 Å². The molecule has 0 saturated carbocycles. The van der Waals surface area contributed by atoms with Crippen LogP contribution in [0, 0.1) is 12.8 Å². The first-order valence-corrected chi connectivity index (χ1v) is 7.80. The molecule has 1 aromatic rings. The maximum atomic E-state index is 12.8. The van der Waals surface area contributed by atoms with Crippen molar-refractivity contribution in [3.8, 4) is 5.75 Å². The van der Waals surface area contributed by atoms with Gasteiger partial charge in [0.25, 0.3) is 5.91 Å². The van der Waals surface area contributed by atoms with Gasteiger partial charge in [0.2, 0.25) is 0 Å². The Balaban J connectivity index is 2.18. The van der Waals surface area contributed by atoms with Crippen LogP contribution in [0.4, 0.5) is 0 Å². The quantitative estimate of drug-likeness (QED) is 0.876. The van der Waals surface area contributed by atoms with Crippen molar-refractivity contribution in [3.05, 3.63) is 29.3 Å². The highest BCUT2D eigenvalue weighted by molar-refractivity contribution is 5.97. The lowest BCUT2D eigenvalue weighted by molar-refractivity contribution is 0.0718. The molecule has 1 fully saturated rings. The lowest BCUT2D eigenvalue weighted by Gasteiger charge is -2.28. The Morgan fingerprint density at radius 1 is 1.48 bits per heavy atom. The fourth-order valence-electron chi connectivity index (χ4n) is 2.86. The van der Waals surface area contributed by atoms with Crippen molar-refractivity contribution in [1.29, 1.82) is 0 Å². The van der Waals surface area contributed by atoms with Gasteiger partial charge in [-0.15, -0.1) is 0 Å². The molecule has 1 aliphatic heterocycles. The van der Waals surface area contributed by atoms with E-state index in [2.05, 4.69) is 19.2 Å². The van der Waals surface area contributed by atoms with Crippen LogP contribution >= 0.6 is 0 Å². The van der Waals surface area contributed by atoms with Gasteiger partial charge in [0.1, 0.15) is 5.75 Å². The number of carbonyl (C=O) groups is 1. The smallest absolute Gasteiger partial charge is 0.257 e. The van der Waals surface area contributed by atoms with Crippen LogP contribution in [-0.2, 0) is 0 Å². The average molecular weight is 290 g/mol. The molecule has 4 nitrogen and oxygen atoms in total. The van der Waals surface area contributed by atoms with Crippen molar-refractivity contribution in [2.24, 2.45) is 5.92 Å². The molecule has 21 heavy (non-hydrogen) atoms. The first kappa shape index (κ1) is 15.8. The lowest BCUT2D eigenvalue weighted by Crippen LogP contribution is -2.42. The minimum atomic E-state index is -0.0707. The molecule has 0 aromatic heterocycles. The number of phenolic OH excluding ortho intramolecular Hbond substituents is 1. The largest absolute Gasteiger partial charge is 0.507 e. The number of hydrogen-bond acceptors (Lipinski definition) is 3. The van der Waals surface area contributed by atoms with Crippen molar-refractivity contribution >= 4 is 5.91 Å². The van der Waals surface area contributed by atoms with E-state index in [1.54, 1.807) is 6.07 Å². The molecular formula is C17H26N2O2. The molecule has 1 heterocycles. The Morgan fingerprint density at radius 2 is 2.24 bits per heavy atom. The van der Waals surface area contributed by atoms with Crippen molar-refractivity contribution in [3.63, 3.8) is 0 Å². The number of aryl methyl sites for hydroxylation is 1. The molecule has 2 rings (SSSR count). The number of amides is 1. The van der Waals surface area contributed by atoms with Gasteiger partial charge in [-0.05, 0) is 43.9 Å². The Kier molecular flexibility index (Phi) is 5.23. The number of benzene rings is 1. The monoisotopic (exact) mass is 290 g/mol. The minimum absolute atomic E-state index is 0.0707. The molecule has 1 unspecified atom stereocenters. The molecule has 0 bridgehead atoms. The second-order valence-corrected chi connectivity index (χ2v) is 6.37.